The molecule has 104 valence electrons. The minimum absolute atomic E-state index is 0.0915. The molecule has 0 atom stereocenters. The van der Waals surface area contributed by atoms with Gasteiger partial charge in [0.25, 0.3) is 0 Å². The summed E-state index contributed by atoms with van der Waals surface area (Å²) in [4.78, 5) is 0. The van der Waals surface area contributed by atoms with Crippen LogP contribution in [0, 0.1) is 0 Å². The van der Waals surface area contributed by atoms with E-state index in [0.717, 1.165) is 11.2 Å². The van der Waals surface area contributed by atoms with Gasteiger partial charge in [0.15, 0.2) is 0 Å². The Kier molecular flexibility index (Phi) is 2.89. The second-order valence-electron chi connectivity index (χ2n) is 6.94. The lowest BCUT2D eigenvalue weighted by Crippen LogP contribution is -2.10. The molecule has 1 aromatic heterocycles. The van der Waals surface area contributed by atoms with Crippen LogP contribution in [0.4, 0.5) is 0 Å². The number of para-hydroxylation sites is 1. The molecule has 1 nitrogen and oxygen atoms in total. The van der Waals surface area contributed by atoms with Gasteiger partial charge < -0.3 is 4.42 Å². The lowest BCUT2D eigenvalue weighted by atomic mass is 9.86. The van der Waals surface area contributed by atoms with Crippen molar-refractivity contribution in [2.75, 3.05) is 0 Å². The van der Waals surface area contributed by atoms with Gasteiger partial charge in [-0.25, -0.2) is 0 Å². The Hall–Kier alpha value is -1.76. The first-order valence-electron chi connectivity index (χ1n) is 7.33. The largest absolute Gasteiger partial charge is 0.456 e. The highest BCUT2D eigenvalue weighted by atomic mass is 16.3. The van der Waals surface area contributed by atoms with Gasteiger partial charge in [-0.15, -0.1) is 0 Å². The average Bonchev–Trinajstić information content (AvgIpc) is 2.74. The van der Waals surface area contributed by atoms with Gasteiger partial charge in [0.2, 0.25) is 0 Å². The molecule has 0 N–H and O–H groups in total. The lowest BCUT2D eigenvalue weighted by Gasteiger charge is -2.18. The van der Waals surface area contributed by atoms with Gasteiger partial charge in [-0.3, -0.25) is 0 Å². The highest BCUT2D eigenvalue weighted by molar-refractivity contribution is 6.06. The van der Waals surface area contributed by atoms with E-state index in [9.17, 15) is 0 Å². The summed E-state index contributed by atoms with van der Waals surface area (Å²) in [7, 11) is 0. The number of rotatable bonds is 1. The van der Waals surface area contributed by atoms with Gasteiger partial charge in [-0.05, 0) is 29.0 Å². The zero-order valence-electron chi connectivity index (χ0n) is 12.9. The van der Waals surface area contributed by atoms with Crippen molar-refractivity contribution < 1.29 is 4.42 Å². The zero-order chi connectivity index (χ0) is 14.5. The van der Waals surface area contributed by atoms with Crippen molar-refractivity contribution in [1.82, 2.24) is 0 Å². The smallest absolute Gasteiger partial charge is 0.139 e. The molecule has 2 aromatic carbocycles. The van der Waals surface area contributed by atoms with Gasteiger partial charge >= 0.3 is 0 Å². The summed E-state index contributed by atoms with van der Waals surface area (Å²) in [6, 6.07) is 13.0. The van der Waals surface area contributed by atoms with E-state index >= 15 is 0 Å². The maximum Gasteiger partial charge on any atom is 0.139 e. The Balaban J connectivity index is 2.37. The zero-order valence-corrected chi connectivity index (χ0v) is 12.9. The maximum atomic E-state index is 6.14. The summed E-state index contributed by atoms with van der Waals surface area (Å²) in [5, 5.41) is 2.47. The minimum atomic E-state index is 0.0915. The third-order valence-electron chi connectivity index (χ3n) is 4.00. The summed E-state index contributed by atoms with van der Waals surface area (Å²) in [5.41, 5.74) is 4.75. The number of hydrogen-bond donors (Lipinski definition) is 0. The van der Waals surface area contributed by atoms with Crippen molar-refractivity contribution in [3.05, 3.63) is 47.5 Å². The minimum Gasteiger partial charge on any atom is -0.456 e. The number of furan rings is 1. The highest BCUT2D eigenvalue weighted by Gasteiger charge is 2.20. The Morgan fingerprint density at radius 2 is 1.70 bits per heavy atom. The standard InChI is InChI=1S/C19H22O/c1-12(2)13-9-10-17-15(11-13)14-7-6-8-16(18(14)20-17)19(3,4)5/h6-12H,1-5H3. The van der Waals surface area contributed by atoms with Gasteiger partial charge in [0, 0.05) is 16.3 Å². The van der Waals surface area contributed by atoms with Gasteiger partial charge in [-0.1, -0.05) is 58.9 Å². The predicted molar refractivity (Wildman–Crippen MR) is 86.5 cm³/mol. The van der Waals surface area contributed by atoms with Crippen molar-refractivity contribution in [3.63, 3.8) is 0 Å². The van der Waals surface area contributed by atoms with Crippen molar-refractivity contribution in [1.29, 1.82) is 0 Å². The van der Waals surface area contributed by atoms with Crippen LogP contribution in [0.1, 0.15) is 51.7 Å². The Bertz CT molecular complexity index is 769. The van der Waals surface area contributed by atoms with Gasteiger partial charge in [0.1, 0.15) is 11.2 Å². The topological polar surface area (TPSA) is 13.1 Å². The molecule has 0 fully saturated rings. The molecule has 20 heavy (non-hydrogen) atoms. The van der Waals surface area contributed by atoms with Crippen LogP contribution in [0.25, 0.3) is 21.9 Å². The monoisotopic (exact) mass is 266 g/mol. The molecule has 0 amide bonds. The summed E-state index contributed by atoms with van der Waals surface area (Å²) in [6.07, 6.45) is 0. The summed E-state index contributed by atoms with van der Waals surface area (Å²) >= 11 is 0. The molecule has 0 aliphatic rings. The molecule has 0 bridgehead atoms. The quantitative estimate of drug-likeness (QED) is 0.526. The fourth-order valence-electron chi connectivity index (χ4n) is 2.77. The van der Waals surface area contributed by atoms with Crippen LogP contribution in [0.5, 0.6) is 0 Å². The average molecular weight is 266 g/mol. The van der Waals surface area contributed by atoms with Crippen molar-refractivity contribution in [2.45, 2.75) is 46.0 Å². The Labute approximate surface area is 120 Å². The van der Waals surface area contributed by atoms with Crippen molar-refractivity contribution >= 4 is 21.9 Å². The highest BCUT2D eigenvalue weighted by Crippen LogP contribution is 2.37. The van der Waals surface area contributed by atoms with Crippen LogP contribution in [-0.4, -0.2) is 0 Å². The van der Waals surface area contributed by atoms with E-state index in [1.165, 1.54) is 21.9 Å². The first-order chi connectivity index (χ1) is 9.38. The summed E-state index contributed by atoms with van der Waals surface area (Å²) in [6.45, 7) is 11.1. The third kappa shape index (κ3) is 2.02. The Morgan fingerprint density at radius 1 is 0.950 bits per heavy atom. The van der Waals surface area contributed by atoms with Crippen LogP contribution in [0.3, 0.4) is 0 Å². The van der Waals surface area contributed by atoms with Gasteiger partial charge in [-0.2, -0.15) is 0 Å². The van der Waals surface area contributed by atoms with Crippen LogP contribution in [0.2, 0.25) is 0 Å². The van der Waals surface area contributed by atoms with E-state index in [2.05, 4.69) is 71.0 Å². The van der Waals surface area contributed by atoms with Crippen LogP contribution < -0.4 is 0 Å². The van der Waals surface area contributed by atoms with E-state index in [1.807, 2.05) is 0 Å². The normalized spacial score (nSPS) is 12.7. The lowest BCUT2D eigenvalue weighted by molar-refractivity contribution is 0.573. The molecular weight excluding hydrogens is 244 g/mol. The summed E-state index contributed by atoms with van der Waals surface area (Å²) in [5.74, 6) is 0.537. The number of fused-ring (bicyclic) bond motifs is 3. The molecule has 3 aromatic rings. The summed E-state index contributed by atoms with van der Waals surface area (Å²) < 4.78 is 6.14. The van der Waals surface area contributed by atoms with Gasteiger partial charge in [0.05, 0.1) is 0 Å². The third-order valence-corrected chi connectivity index (χ3v) is 4.00. The van der Waals surface area contributed by atoms with Crippen LogP contribution in [-0.2, 0) is 5.41 Å². The predicted octanol–water partition coefficient (Wildman–Crippen LogP) is 6.01. The Morgan fingerprint density at radius 3 is 2.35 bits per heavy atom. The SMILES string of the molecule is CC(C)c1ccc2oc3c(C(C)(C)C)cccc3c2c1. The molecule has 0 aliphatic carbocycles. The molecule has 1 heterocycles. The fourth-order valence-corrected chi connectivity index (χ4v) is 2.77. The maximum absolute atomic E-state index is 6.14. The molecular formula is C19H22O. The van der Waals surface area contributed by atoms with E-state index in [0.29, 0.717) is 5.92 Å². The van der Waals surface area contributed by atoms with E-state index in [4.69, 9.17) is 4.42 Å². The van der Waals surface area contributed by atoms with E-state index in [-0.39, 0.29) is 5.41 Å². The molecule has 0 aliphatic heterocycles. The van der Waals surface area contributed by atoms with E-state index < -0.39 is 0 Å². The second kappa shape index (κ2) is 4.37. The van der Waals surface area contributed by atoms with Crippen molar-refractivity contribution in [3.8, 4) is 0 Å². The van der Waals surface area contributed by atoms with E-state index in [1.54, 1.807) is 0 Å². The molecule has 0 unspecified atom stereocenters. The van der Waals surface area contributed by atoms with Crippen molar-refractivity contribution in [2.24, 2.45) is 0 Å². The molecule has 0 spiro atoms. The molecule has 1 heteroatoms. The second-order valence-corrected chi connectivity index (χ2v) is 6.94. The number of benzene rings is 2. The number of hydrogen-bond acceptors (Lipinski definition) is 1. The van der Waals surface area contributed by atoms with Crippen LogP contribution in [0.15, 0.2) is 40.8 Å². The first kappa shape index (κ1) is 13.2. The molecule has 3 rings (SSSR count). The molecule has 0 radical (unpaired) electrons. The fraction of sp³-hybridized carbons (Fsp3) is 0.368. The molecule has 0 saturated carbocycles. The van der Waals surface area contributed by atoms with Crippen LogP contribution >= 0.6 is 0 Å². The first-order valence-corrected chi connectivity index (χ1v) is 7.33. The molecule has 0 saturated heterocycles.